The first-order chi connectivity index (χ1) is 13.2. The number of carbonyl (C=O) groups is 1. The fourth-order valence-electron chi connectivity index (χ4n) is 3.53. The Balaban J connectivity index is 1.59. The number of aromatic nitrogens is 2. The summed E-state index contributed by atoms with van der Waals surface area (Å²) in [4.78, 5) is 14.7. The summed E-state index contributed by atoms with van der Waals surface area (Å²) in [5.41, 5.74) is 0.390. The number of benzene rings is 1. The molecule has 8 heteroatoms. The van der Waals surface area contributed by atoms with Crippen LogP contribution >= 0.6 is 0 Å². The number of hydrogen-bond acceptors (Lipinski definition) is 3. The summed E-state index contributed by atoms with van der Waals surface area (Å²) >= 11 is 0. The number of amides is 1. The number of rotatable bonds is 5. The number of aryl methyl sites for hydroxylation is 1. The fourth-order valence-corrected chi connectivity index (χ4v) is 3.53. The summed E-state index contributed by atoms with van der Waals surface area (Å²) in [7, 11) is 1.36. The number of alkyl halides is 3. The van der Waals surface area contributed by atoms with E-state index >= 15 is 0 Å². The van der Waals surface area contributed by atoms with Crippen molar-refractivity contribution in [3.63, 3.8) is 0 Å². The molecule has 1 amide bonds. The SMILES string of the molecule is CC1CCCCN1Cc1ccc(CNC(=O)c2cn(C)nc2C(F)(F)F)cc1. The Hall–Kier alpha value is -2.35. The van der Waals surface area contributed by atoms with Crippen molar-refractivity contribution in [2.45, 2.75) is 51.5 Å². The van der Waals surface area contributed by atoms with Crippen LogP contribution in [0.4, 0.5) is 13.2 Å². The van der Waals surface area contributed by atoms with Crippen molar-refractivity contribution in [1.82, 2.24) is 20.0 Å². The van der Waals surface area contributed by atoms with Crippen LogP contribution < -0.4 is 5.32 Å². The van der Waals surface area contributed by atoms with Crippen LogP contribution in [0.15, 0.2) is 30.5 Å². The molecule has 152 valence electrons. The van der Waals surface area contributed by atoms with E-state index < -0.39 is 23.3 Å². The van der Waals surface area contributed by atoms with Gasteiger partial charge in [0, 0.05) is 32.4 Å². The van der Waals surface area contributed by atoms with E-state index in [-0.39, 0.29) is 6.54 Å². The second-order valence-electron chi connectivity index (χ2n) is 7.38. The maximum atomic E-state index is 13.0. The topological polar surface area (TPSA) is 50.2 Å². The highest BCUT2D eigenvalue weighted by molar-refractivity contribution is 5.95. The van der Waals surface area contributed by atoms with Gasteiger partial charge in [-0.2, -0.15) is 18.3 Å². The molecule has 28 heavy (non-hydrogen) atoms. The molecule has 1 unspecified atom stereocenters. The molecule has 1 aromatic carbocycles. The van der Waals surface area contributed by atoms with E-state index in [1.165, 1.54) is 31.9 Å². The van der Waals surface area contributed by atoms with Crippen LogP contribution in [0.1, 0.15) is 53.4 Å². The normalized spacial score (nSPS) is 18.2. The average molecular weight is 394 g/mol. The van der Waals surface area contributed by atoms with Crippen LogP contribution in [0.3, 0.4) is 0 Å². The molecule has 1 aromatic heterocycles. The van der Waals surface area contributed by atoms with Gasteiger partial charge >= 0.3 is 6.18 Å². The molecule has 3 rings (SSSR count). The number of nitrogens with one attached hydrogen (secondary N) is 1. The number of halogens is 3. The predicted octanol–water partition coefficient (Wildman–Crippen LogP) is 3.74. The van der Waals surface area contributed by atoms with Gasteiger partial charge in [0.2, 0.25) is 0 Å². The fraction of sp³-hybridized carbons (Fsp3) is 0.500. The zero-order valence-corrected chi connectivity index (χ0v) is 16.1. The van der Waals surface area contributed by atoms with Crippen LogP contribution in [0.2, 0.25) is 0 Å². The van der Waals surface area contributed by atoms with Crippen molar-refractivity contribution < 1.29 is 18.0 Å². The second kappa shape index (κ2) is 8.34. The summed E-state index contributed by atoms with van der Waals surface area (Å²) in [5, 5.41) is 5.90. The summed E-state index contributed by atoms with van der Waals surface area (Å²) in [6.07, 6.45) is 0.145. The van der Waals surface area contributed by atoms with E-state index in [4.69, 9.17) is 0 Å². The number of likely N-dealkylation sites (tertiary alicyclic amines) is 1. The Morgan fingerprint density at radius 3 is 2.54 bits per heavy atom. The third-order valence-corrected chi connectivity index (χ3v) is 5.14. The molecule has 0 spiro atoms. The maximum Gasteiger partial charge on any atom is 0.435 e. The van der Waals surface area contributed by atoms with E-state index in [1.54, 1.807) is 0 Å². The van der Waals surface area contributed by atoms with Crippen LogP contribution in [-0.2, 0) is 26.3 Å². The molecule has 0 bridgehead atoms. The Morgan fingerprint density at radius 2 is 1.89 bits per heavy atom. The predicted molar refractivity (Wildman–Crippen MR) is 99.5 cm³/mol. The van der Waals surface area contributed by atoms with Crippen molar-refractivity contribution in [2.75, 3.05) is 6.54 Å². The molecule has 2 aromatic rings. The zero-order chi connectivity index (χ0) is 20.3. The molecule has 1 N–H and O–H groups in total. The molecular formula is C20H25F3N4O. The smallest absolute Gasteiger partial charge is 0.348 e. The van der Waals surface area contributed by atoms with E-state index in [1.807, 2.05) is 24.3 Å². The minimum atomic E-state index is -4.67. The maximum absolute atomic E-state index is 13.0. The highest BCUT2D eigenvalue weighted by atomic mass is 19.4. The number of piperidine rings is 1. The van der Waals surface area contributed by atoms with Gasteiger partial charge in [0.05, 0.1) is 5.56 Å². The molecule has 1 fully saturated rings. The summed E-state index contributed by atoms with van der Waals surface area (Å²) in [5.74, 6) is -0.786. The minimum Gasteiger partial charge on any atom is -0.348 e. The largest absolute Gasteiger partial charge is 0.435 e. The standard InChI is InChI=1S/C20H25F3N4O/c1-14-5-3-4-10-27(14)12-16-8-6-15(7-9-16)11-24-19(28)17-13-26(2)25-18(17)20(21,22)23/h6-9,13-14H,3-5,10-12H2,1-2H3,(H,24,28). The first-order valence-corrected chi connectivity index (χ1v) is 9.45. The highest BCUT2D eigenvalue weighted by Gasteiger charge is 2.38. The first-order valence-electron chi connectivity index (χ1n) is 9.45. The molecule has 5 nitrogen and oxygen atoms in total. The average Bonchev–Trinajstić information content (AvgIpc) is 3.05. The Kier molecular flexibility index (Phi) is 6.07. The number of nitrogens with zero attached hydrogens (tertiary/aromatic N) is 3. The van der Waals surface area contributed by atoms with Crippen LogP contribution in [-0.4, -0.2) is 33.2 Å². The lowest BCUT2D eigenvalue weighted by Crippen LogP contribution is -2.36. The van der Waals surface area contributed by atoms with Crippen LogP contribution in [0.5, 0.6) is 0 Å². The quantitative estimate of drug-likeness (QED) is 0.841. The van der Waals surface area contributed by atoms with Gasteiger partial charge < -0.3 is 5.32 Å². The molecule has 1 aliphatic heterocycles. The third kappa shape index (κ3) is 4.92. The van der Waals surface area contributed by atoms with E-state index in [0.29, 0.717) is 6.04 Å². The van der Waals surface area contributed by atoms with Crippen molar-refractivity contribution in [3.8, 4) is 0 Å². The summed E-state index contributed by atoms with van der Waals surface area (Å²) in [6.45, 7) is 4.40. The van der Waals surface area contributed by atoms with Crippen LogP contribution in [0, 0.1) is 0 Å². The van der Waals surface area contributed by atoms with E-state index in [0.717, 1.165) is 29.5 Å². The van der Waals surface area contributed by atoms with Gasteiger partial charge in [-0.15, -0.1) is 0 Å². The highest BCUT2D eigenvalue weighted by Crippen LogP contribution is 2.30. The summed E-state index contributed by atoms with van der Waals surface area (Å²) in [6, 6.07) is 8.40. The number of hydrogen-bond donors (Lipinski definition) is 1. The van der Waals surface area contributed by atoms with Crippen molar-refractivity contribution >= 4 is 5.91 Å². The molecule has 2 heterocycles. The Bertz CT molecular complexity index is 814. The monoisotopic (exact) mass is 394 g/mol. The van der Waals surface area contributed by atoms with Gasteiger partial charge in [0.25, 0.3) is 5.91 Å². The Morgan fingerprint density at radius 1 is 1.21 bits per heavy atom. The van der Waals surface area contributed by atoms with Crippen LogP contribution in [0.25, 0.3) is 0 Å². The van der Waals surface area contributed by atoms with Gasteiger partial charge in [0.1, 0.15) is 0 Å². The van der Waals surface area contributed by atoms with Crippen molar-refractivity contribution in [2.24, 2.45) is 7.05 Å². The van der Waals surface area contributed by atoms with Gasteiger partial charge in [0.15, 0.2) is 5.69 Å². The van der Waals surface area contributed by atoms with Gasteiger partial charge in [-0.05, 0) is 37.4 Å². The molecule has 0 radical (unpaired) electrons. The lowest BCUT2D eigenvalue weighted by Gasteiger charge is -2.33. The lowest BCUT2D eigenvalue weighted by atomic mass is 10.0. The second-order valence-corrected chi connectivity index (χ2v) is 7.38. The van der Waals surface area contributed by atoms with Crippen molar-refractivity contribution in [1.29, 1.82) is 0 Å². The first kappa shape index (κ1) is 20.4. The van der Waals surface area contributed by atoms with Gasteiger partial charge in [-0.25, -0.2) is 0 Å². The molecular weight excluding hydrogens is 369 g/mol. The molecule has 0 saturated carbocycles. The van der Waals surface area contributed by atoms with Gasteiger partial charge in [-0.3, -0.25) is 14.4 Å². The van der Waals surface area contributed by atoms with E-state index in [2.05, 4.69) is 22.2 Å². The molecule has 1 atom stereocenters. The third-order valence-electron chi connectivity index (χ3n) is 5.14. The molecule has 1 aliphatic rings. The zero-order valence-electron chi connectivity index (χ0n) is 16.1. The number of carbonyl (C=O) groups excluding carboxylic acids is 1. The van der Waals surface area contributed by atoms with Gasteiger partial charge in [-0.1, -0.05) is 30.7 Å². The summed E-state index contributed by atoms with van der Waals surface area (Å²) < 4.78 is 40.0. The molecule has 1 saturated heterocycles. The molecule has 0 aliphatic carbocycles. The lowest BCUT2D eigenvalue weighted by molar-refractivity contribution is -0.141. The minimum absolute atomic E-state index is 0.158. The van der Waals surface area contributed by atoms with E-state index in [9.17, 15) is 18.0 Å². The van der Waals surface area contributed by atoms with Crippen molar-refractivity contribution in [3.05, 3.63) is 52.8 Å². The Labute approximate surface area is 162 Å².